The third-order valence-electron chi connectivity index (χ3n) is 7.11. The van der Waals surface area contributed by atoms with Crippen LogP contribution in [0.5, 0.6) is 57.5 Å². The molecule has 0 N–H and O–H groups in total. The molecule has 7 aromatic rings. The van der Waals surface area contributed by atoms with Gasteiger partial charge in [0.25, 0.3) is 0 Å². The van der Waals surface area contributed by atoms with Crippen LogP contribution in [-0.2, 0) is 0 Å². The number of rotatable bonds is 11. The highest BCUT2D eigenvalue weighted by molar-refractivity contribution is 5.67. The second-order valence-corrected chi connectivity index (χ2v) is 10.6. The van der Waals surface area contributed by atoms with Crippen LogP contribution in [0, 0.1) is 0 Å². The van der Waals surface area contributed by atoms with E-state index in [0.717, 1.165) is 22.6 Å². The van der Waals surface area contributed by atoms with E-state index < -0.39 is 0 Å². The summed E-state index contributed by atoms with van der Waals surface area (Å²) in [6.45, 7) is 0. The molecule has 0 aliphatic heterocycles. The van der Waals surface area contributed by atoms with Gasteiger partial charge in [-0.2, -0.15) is 0 Å². The fraction of sp³-hybridized carbons (Fsp3) is 0. The zero-order valence-electron chi connectivity index (χ0n) is 25.4. The molecular formula is C42H30O5. The van der Waals surface area contributed by atoms with Crippen molar-refractivity contribution in [3.05, 3.63) is 182 Å². The summed E-state index contributed by atoms with van der Waals surface area (Å²) in [6.07, 6.45) is 0. The van der Waals surface area contributed by atoms with Crippen molar-refractivity contribution in [2.45, 2.75) is 0 Å². The van der Waals surface area contributed by atoms with E-state index in [1.165, 1.54) is 0 Å². The Labute approximate surface area is 273 Å². The van der Waals surface area contributed by atoms with Gasteiger partial charge in [-0.15, -0.1) is 0 Å². The largest absolute Gasteiger partial charge is 0.457 e. The fourth-order valence-corrected chi connectivity index (χ4v) is 4.94. The van der Waals surface area contributed by atoms with Crippen LogP contribution >= 0.6 is 0 Å². The first-order chi connectivity index (χ1) is 23.2. The van der Waals surface area contributed by atoms with Crippen LogP contribution in [0.1, 0.15) is 0 Å². The first-order valence-electron chi connectivity index (χ1n) is 15.2. The predicted molar refractivity (Wildman–Crippen MR) is 184 cm³/mol. The molecule has 0 spiro atoms. The minimum atomic E-state index is 0.628. The standard InChI is InChI=1S/C42H30O5/c1-3-15-33(16-4-1)43-37-21-11-23-39(29-37)45-40-24-12-22-38(30-40)44-35-19-9-13-31(27-35)32-14-10-20-36(28-32)47-42-26-8-7-25-41(42)46-34-17-5-2-6-18-34/h1-30H. The Kier molecular flexibility index (Phi) is 8.78. The maximum Gasteiger partial charge on any atom is 0.169 e. The Morgan fingerprint density at radius 3 is 0.979 bits per heavy atom. The van der Waals surface area contributed by atoms with Gasteiger partial charge in [-0.3, -0.25) is 0 Å². The van der Waals surface area contributed by atoms with E-state index in [4.69, 9.17) is 23.7 Å². The predicted octanol–water partition coefficient (Wildman–Crippen LogP) is 12.3. The minimum absolute atomic E-state index is 0.628. The smallest absolute Gasteiger partial charge is 0.169 e. The van der Waals surface area contributed by atoms with Gasteiger partial charge < -0.3 is 23.7 Å². The Hall–Kier alpha value is -6.46. The number of hydrogen-bond acceptors (Lipinski definition) is 5. The van der Waals surface area contributed by atoms with Crippen LogP contribution in [0.4, 0.5) is 0 Å². The summed E-state index contributed by atoms with van der Waals surface area (Å²) in [7, 11) is 0. The van der Waals surface area contributed by atoms with E-state index in [1.54, 1.807) is 0 Å². The molecule has 0 bridgehead atoms. The number of hydrogen-bond donors (Lipinski definition) is 0. The molecule has 0 amide bonds. The van der Waals surface area contributed by atoms with Crippen molar-refractivity contribution in [3.8, 4) is 68.6 Å². The average molecular weight is 615 g/mol. The molecular weight excluding hydrogens is 584 g/mol. The zero-order valence-corrected chi connectivity index (χ0v) is 25.4. The lowest BCUT2D eigenvalue weighted by Crippen LogP contribution is -1.91. The molecule has 47 heavy (non-hydrogen) atoms. The Bertz CT molecular complexity index is 2080. The highest BCUT2D eigenvalue weighted by Crippen LogP contribution is 2.37. The van der Waals surface area contributed by atoms with Crippen molar-refractivity contribution in [1.82, 2.24) is 0 Å². The van der Waals surface area contributed by atoms with Gasteiger partial charge in [-0.25, -0.2) is 0 Å². The molecule has 0 radical (unpaired) electrons. The van der Waals surface area contributed by atoms with Gasteiger partial charge in [0.05, 0.1) is 0 Å². The van der Waals surface area contributed by atoms with Crippen LogP contribution in [0.3, 0.4) is 0 Å². The second kappa shape index (κ2) is 14.1. The molecule has 0 atom stereocenters. The summed E-state index contributed by atoms with van der Waals surface area (Å²) in [5, 5.41) is 0. The molecule has 0 fully saturated rings. The van der Waals surface area contributed by atoms with Crippen molar-refractivity contribution in [1.29, 1.82) is 0 Å². The van der Waals surface area contributed by atoms with Gasteiger partial charge in [0.15, 0.2) is 11.5 Å². The molecule has 0 saturated heterocycles. The summed E-state index contributed by atoms with van der Waals surface area (Å²) in [4.78, 5) is 0. The number of para-hydroxylation sites is 4. The molecule has 5 nitrogen and oxygen atoms in total. The van der Waals surface area contributed by atoms with Gasteiger partial charge in [-0.1, -0.05) is 84.9 Å². The maximum atomic E-state index is 6.29. The molecule has 5 heteroatoms. The zero-order chi connectivity index (χ0) is 31.7. The molecule has 228 valence electrons. The van der Waals surface area contributed by atoms with E-state index in [9.17, 15) is 0 Å². The van der Waals surface area contributed by atoms with E-state index >= 15 is 0 Å². The van der Waals surface area contributed by atoms with E-state index in [-0.39, 0.29) is 0 Å². The van der Waals surface area contributed by atoms with Crippen LogP contribution < -0.4 is 23.7 Å². The van der Waals surface area contributed by atoms with Gasteiger partial charge >= 0.3 is 0 Å². The molecule has 0 heterocycles. The third kappa shape index (κ3) is 7.80. The molecule has 7 aromatic carbocycles. The Balaban J connectivity index is 1.04. The Morgan fingerprint density at radius 1 is 0.213 bits per heavy atom. The SMILES string of the molecule is c1ccc(Oc2cccc(Oc3cccc(Oc4cccc(-c5cccc(Oc6ccccc6Oc6ccccc6)c5)c4)c3)c2)cc1. The van der Waals surface area contributed by atoms with Gasteiger partial charge in [0, 0.05) is 12.1 Å². The van der Waals surface area contributed by atoms with Crippen LogP contribution in [0.2, 0.25) is 0 Å². The lowest BCUT2D eigenvalue weighted by atomic mass is 10.1. The van der Waals surface area contributed by atoms with Crippen molar-refractivity contribution in [2.24, 2.45) is 0 Å². The molecule has 0 aromatic heterocycles. The van der Waals surface area contributed by atoms with Crippen LogP contribution in [0.25, 0.3) is 11.1 Å². The quantitative estimate of drug-likeness (QED) is 0.145. The second-order valence-electron chi connectivity index (χ2n) is 10.6. The Morgan fingerprint density at radius 2 is 0.511 bits per heavy atom. The van der Waals surface area contributed by atoms with E-state index in [1.807, 2.05) is 182 Å². The first kappa shape index (κ1) is 29.3. The summed E-state index contributed by atoms with van der Waals surface area (Å²) in [6, 6.07) is 58.0. The van der Waals surface area contributed by atoms with Crippen molar-refractivity contribution >= 4 is 0 Å². The normalized spacial score (nSPS) is 10.6. The summed E-state index contributed by atoms with van der Waals surface area (Å²) < 4.78 is 30.7. The molecule has 0 saturated carbocycles. The third-order valence-corrected chi connectivity index (χ3v) is 7.11. The highest BCUT2D eigenvalue weighted by atomic mass is 16.5. The summed E-state index contributed by atoms with van der Waals surface area (Å²) in [5.74, 6) is 6.83. The molecule has 7 rings (SSSR count). The average Bonchev–Trinajstić information content (AvgIpc) is 3.11. The molecule has 0 aliphatic rings. The monoisotopic (exact) mass is 614 g/mol. The van der Waals surface area contributed by atoms with Gasteiger partial charge in [-0.05, 0) is 96.1 Å². The first-order valence-corrected chi connectivity index (χ1v) is 15.2. The van der Waals surface area contributed by atoms with E-state index in [2.05, 4.69) is 0 Å². The van der Waals surface area contributed by atoms with Crippen molar-refractivity contribution < 1.29 is 23.7 Å². The van der Waals surface area contributed by atoms with Gasteiger partial charge in [0.1, 0.15) is 46.0 Å². The summed E-state index contributed by atoms with van der Waals surface area (Å²) >= 11 is 0. The lowest BCUT2D eigenvalue weighted by molar-refractivity contribution is 0.419. The molecule has 0 unspecified atom stereocenters. The maximum absolute atomic E-state index is 6.29. The fourth-order valence-electron chi connectivity index (χ4n) is 4.94. The lowest BCUT2D eigenvalue weighted by Gasteiger charge is -2.13. The highest BCUT2D eigenvalue weighted by Gasteiger charge is 2.10. The topological polar surface area (TPSA) is 46.2 Å². The minimum Gasteiger partial charge on any atom is -0.457 e. The number of benzene rings is 7. The number of ether oxygens (including phenoxy) is 5. The van der Waals surface area contributed by atoms with Gasteiger partial charge in [0.2, 0.25) is 0 Å². The summed E-state index contributed by atoms with van der Waals surface area (Å²) in [5.41, 5.74) is 1.98. The van der Waals surface area contributed by atoms with Crippen molar-refractivity contribution in [3.63, 3.8) is 0 Å². The molecule has 0 aliphatic carbocycles. The van der Waals surface area contributed by atoms with Crippen LogP contribution in [-0.4, -0.2) is 0 Å². The van der Waals surface area contributed by atoms with E-state index in [0.29, 0.717) is 46.0 Å². The van der Waals surface area contributed by atoms with Crippen molar-refractivity contribution in [2.75, 3.05) is 0 Å². The van der Waals surface area contributed by atoms with Crippen LogP contribution in [0.15, 0.2) is 182 Å².